The average molecular weight is 268 g/mol. The summed E-state index contributed by atoms with van der Waals surface area (Å²) in [5, 5.41) is 4.08. The molecule has 2 aromatic rings. The highest BCUT2D eigenvalue weighted by molar-refractivity contribution is 9.10. The predicted octanol–water partition coefficient (Wildman–Crippen LogP) is 2.12. The normalized spacial score (nSPS) is 10.2. The van der Waals surface area contributed by atoms with Gasteiger partial charge in [-0.15, -0.1) is 0 Å². The van der Waals surface area contributed by atoms with Crippen LogP contribution in [0.15, 0.2) is 41.4 Å². The van der Waals surface area contributed by atoms with Crippen LogP contribution < -0.4 is 4.74 Å². The molecule has 0 spiro atoms. The van der Waals surface area contributed by atoms with Crippen LogP contribution in [0.2, 0.25) is 0 Å². The molecular weight excluding hydrogens is 258 g/mol. The Morgan fingerprint density at radius 3 is 3.00 bits per heavy atom. The molecule has 78 valence electrons. The largest absolute Gasteiger partial charge is 0.490 e. The third kappa shape index (κ3) is 3.06. The van der Waals surface area contributed by atoms with Crippen LogP contribution in [0.1, 0.15) is 0 Å². The van der Waals surface area contributed by atoms with Crippen LogP contribution in [0.4, 0.5) is 0 Å². The van der Waals surface area contributed by atoms with E-state index in [1.54, 1.807) is 12.4 Å². The van der Waals surface area contributed by atoms with Gasteiger partial charge in [0.05, 0.1) is 12.7 Å². The van der Waals surface area contributed by atoms with Gasteiger partial charge in [0.25, 0.3) is 0 Å². The highest BCUT2D eigenvalue weighted by Crippen LogP contribution is 2.12. The van der Waals surface area contributed by atoms with E-state index in [2.05, 4.69) is 26.0 Å². The second-order valence-corrected chi connectivity index (χ2v) is 3.75. The molecule has 15 heavy (non-hydrogen) atoms. The van der Waals surface area contributed by atoms with Crippen LogP contribution >= 0.6 is 15.9 Å². The van der Waals surface area contributed by atoms with Gasteiger partial charge in [0, 0.05) is 12.4 Å². The summed E-state index contributed by atoms with van der Waals surface area (Å²) in [5.74, 6) is 0.769. The molecule has 4 nitrogen and oxygen atoms in total. The minimum atomic E-state index is 0.588. The lowest BCUT2D eigenvalue weighted by molar-refractivity contribution is 0.290. The molecule has 0 aromatic carbocycles. The van der Waals surface area contributed by atoms with Gasteiger partial charge >= 0.3 is 0 Å². The molecule has 0 saturated heterocycles. The van der Waals surface area contributed by atoms with Gasteiger partial charge in [-0.25, -0.2) is 4.98 Å². The standard InChI is InChI=1S/C10H10BrN3O/c11-10-3-2-9(8-12-10)15-7-6-14-5-1-4-13-14/h1-5,8H,6-7H2. The Morgan fingerprint density at radius 2 is 2.33 bits per heavy atom. The maximum Gasteiger partial charge on any atom is 0.137 e. The molecule has 0 unspecified atom stereocenters. The summed E-state index contributed by atoms with van der Waals surface area (Å²) in [6.07, 6.45) is 5.34. The summed E-state index contributed by atoms with van der Waals surface area (Å²) in [6, 6.07) is 5.62. The van der Waals surface area contributed by atoms with E-state index in [1.807, 2.05) is 29.1 Å². The Morgan fingerprint density at radius 1 is 1.40 bits per heavy atom. The van der Waals surface area contributed by atoms with Crippen LogP contribution in [0.25, 0.3) is 0 Å². The lowest BCUT2D eigenvalue weighted by Crippen LogP contribution is -2.08. The first-order valence-corrected chi connectivity index (χ1v) is 5.36. The second-order valence-electron chi connectivity index (χ2n) is 2.93. The molecule has 0 bridgehead atoms. The number of aromatic nitrogens is 3. The van der Waals surface area contributed by atoms with Crippen LogP contribution in [-0.4, -0.2) is 21.4 Å². The molecule has 0 aliphatic heterocycles. The molecule has 2 heterocycles. The SMILES string of the molecule is Brc1ccc(OCCn2cccn2)cn1. The Hall–Kier alpha value is -1.36. The second kappa shape index (κ2) is 4.93. The van der Waals surface area contributed by atoms with Crippen molar-refractivity contribution in [2.24, 2.45) is 0 Å². The van der Waals surface area contributed by atoms with Crippen molar-refractivity contribution in [3.8, 4) is 5.75 Å². The molecule has 0 N–H and O–H groups in total. The van der Waals surface area contributed by atoms with Gasteiger partial charge in [-0.1, -0.05) is 0 Å². The lowest BCUT2D eigenvalue weighted by atomic mass is 10.5. The maximum atomic E-state index is 5.49. The number of hydrogen-bond acceptors (Lipinski definition) is 3. The van der Waals surface area contributed by atoms with Gasteiger partial charge in [0.1, 0.15) is 17.0 Å². The fraction of sp³-hybridized carbons (Fsp3) is 0.200. The van der Waals surface area contributed by atoms with Gasteiger partial charge in [-0.2, -0.15) is 5.10 Å². The van der Waals surface area contributed by atoms with Gasteiger partial charge in [-0.3, -0.25) is 4.68 Å². The van der Waals surface area contributed by atoms with Crippen molar-refractivity contribution in [3.05, 3.63) is 41.4 Å². The number of halogens is 1. The van der Waals surface area contributed by atoms with Crippen LogP contribution in [-0.2, 0) is 6.54 Å². The molecular formula is C10H10BrN3O. The molecule has 5 heteroatoms. The van der Waals surface area contributed by atoms with E-state index in [0.717, 1.165) is 16.9 Å². The number of ether oxygens (including phenoxy) is 1. The van der Waals surface area contributed by atoms with Crippen molar-refractivity contribution in [1.82, 2.24) is 14.8 Å². The average Bonchev–Trinajstić information content (AvgIpc) is 2.74. The van der Waals surface area contributed by atoms with E-state index in [-0.39, 0.29) is 0 Å². The number of pyridine rings is 1. The van der Waals surface area contributed by atoms with Gasteiger partial charge < -0.3 is 4.74 Å². The van der Waals surface area contributed by atoms with Crippen molar-refractivity contribution in [3.63, 3.8) is 0 Å². The zero-order chi connectivity index (χ0) is 10.5. The minimum absolute atomic E-state index is 0.588. The molecule has 0 saturated carbocycles. The smallest absolute Gasteiger partial charge is 0.137 e. The fourth-order valence-corrected chi connectivity index (χ4v) is 1.37. The van der Waals surface area contributed by atoms with Gasteiger partial charge in [-0.05, 0) is 34.1 Å². The summed E-state index contributed by atoms with van der Waals surface area (Å²) in [4.78, 5) is 4.06. The first-order chi connectivity index (χ1) is 7.34. The third-order valence-corrected chi connectivity index (χ3v) is 2.32. The van der Waals surface area contributed by atoms with Crippen molar-refractivity contribution in [2.75, 3.05) is 6.61 Å². The number of rotatable bonds is 4. The summed E-state index contributed by atoms with van der Waals surface area (Å²) in [7, 11) is 0. The molecule has 0 aliphatic rings. The summed E-state index contributed by atoms with van der Waals surface area (Å²) in [5.41, 5.74) is 0. The molecule has 2 rings (SSSR count). The number of hydrogen-bond donors (Lipinski definition) is 0. The summed E-state index contributed by atoms with van der Waals surface area (Å²) < 4.78 is 8.12. The van der Waals surface area contributed by atoms with Crippen LogP contribution in [0, 0.1) is 0 Å². The van der Waals surface area contributed by atoms with Crippen molar-refractivity contribution >= 4 is 15.9 Å². The van der Waals surface area contributed by atoms with Gasteiger partial charge in [0.15, 0.2) is 0 Å². The Labute approximate surface area is 96.0 Å². The van der Waals surface area contributed by atoms with E-state index in [9.17, 15) is 0 Å². The molecule has 0 radical (unpaired) electrons. The van der Waals surface area contributed by atoms with Crippen molar-refractivity contribution < 1.29 is 4.74 Å². The highest BCUT2D eigenvalue weighted by Gasteiger charge is 1.95. The topological polar surface area (TPSA) is 39.9 Å². The molecule has 0 amide bonds. The third-order valence-electron chi connectivity index (χ3n) is 1.85. The maximum absolute atomic E-state index is 5.49. The van der Waals surface area contributed by atoms with E-state index in [0.29, 0.717) is 6.61 Å². The van der Waals surface area contributed by atoms with Gasteiger partial charge in [0.2, 0.25) is 0 Å². The molecule has 0 aliphatic carbocycles. The zero-order valence-electron chi connectivity index (χ0n) is 8.01. The van der Waals surface area contributed by atoms with Crippen molar-refractivity contribution in [2.45, 2.75) is 6.54 Å². The van der Waals surface area contributed by atoms with Crippen LogP contribution in [0.5, 0.6) is 5.75 Å². The molecule has 0 atom stereocenters. The van der Waals surface area contributed by atoms with E-state index in [4.69, 9.17) is 4.74 Å². The number of nitrogens with zero attached hydrogens (tertiary/aromatic N) is 3. The lowest BCUT2D eigenvalue weighted by Gasteiger charge is -2.05. The Kier molecular flexibility index (Phi) is 3.34. The van der Waals surface area contributed by atoms with Crippen molar-refractivity contribution in [1.29, 1.82) is 0 Å². The molecule has 2 aromatic heterocycles. The molecule has 0 fully saturated rings. The highest BCUT2D eigenvalue weighted by atomic mass is 79.9. The first-order valence-electron chi connectivity index (χ1n) is 4.56. The van der Waals surface area contributed by atoms with E-state index >= 15 is 0 Å². The Bertz CT molecular complexity index is 399. The quantitative estimate of drug-likeness (QED) is 0.797. The predicted molar refractivity (Wildman–Crippen MR) is 59.7 cm³/mol. The summed E-state index contributed by atoms with van der Waals surface area (Å²) >= 11 is 3.26. The monoisotopic (exact) mass is 267 g/mol. The zero-order valence-corrected chi connectivity index (χ0v) is 9.59. The fourth-order valence-electron chi connectivity index (χ4n) is 1.14. The first kappa shape index (κ1) is 10.2. The van der Waals surface area contributed by atoms with E-state index < -0.39 is 0 Å². The van der Waals surface area contributed by atoms with Crippen LogP contribution in [0.3, 0.4) is 0 Å². The minimum Gasteiger partial charge on any atom is -0.490 e. The summed E-state index contributed by atoms with van der Waals surface area (Å²) in [6.45, 7) is 1.33. The van der Waals surface area contributed by atoms with E-state index in [1.165, 1.54) is 0 Å². The Balaban J connectivity index is 1.81.